The molecule has 0 heterocycles. The number of hydrogen-bond acceptors (Lipinski definition) is 4. The Morgan fingerprint density at radius 3 is 1.34 bits per heavy atom. The molecule has 3 rings (SSSR count). The first-order valence-electron chi connectivity index (χ1n) is 10.5. The van der Waals surface area contributed by atoms with Crippen molar-refractivity contribution < 1.29 is 19.1 Å². The number of halogens is 2. The van der Waals surface area contributed by atoms with Crippen molar-refractivity contribution in [2.24, 2.45) is 0 Å². The highest BCUT2D eigenvalue weighted by Crippen LogP contribution is 2.32. The number of benzene rings is 3. The molecule has 0 radical (unpaired) electrons. The van der Waals surface area contributed by atoms with Crippen molar-refractivity contribution in [1.82, 2.24) is 0 Å². The third-order valence-corrected chi connectivity index (χ3v) is 5.33. The zero-order valence-electron chi connectivity index (χ0n) is 17.6. The molecule has 0 atom stereocenters. The van der Waals surface area contributed by atoms with Gasteiger partial charge in [-0.3, -0.25) is 9.59 Å². The highest BCUT2D eigenvalue weighted by Gasteiger charge is 2.20. The van der Waals surface area contributed by atoms with Gasteiger partial charge in [0.25, 0.3) is 10.5 Å². The Kier molecular flexibility index (Phi) is 9.14. The van der Waals surface area contributed by atoms with Gasteiger partial charge in [0.1, 0.15) is 11.5 Å². The zero-order chi connectivity index (χ0) is 22.8. The van der Waals surface area contributed by atoms with Crippen LogP contribution in [0.4, 0.5) is 0 Å². The van der Waals surface area contributed by atoms with E-state index < -0.39 is 10.5 Å². The fraction of sp³-hybridized carbons (Fsp3) is 0.231. The SMILES string of the molecule is O=C(Cl)c1cc(OCCCc2ccccc2)c(C(=O)Cl)cc1OCCCc1ccccc1. The van der Waals surface area contributed by atoms with Gasteiger partial charge < -0.3 is 9.47 Å². The van der Waals surface area contributed by atoms with Gasteiger partial charge in [-0.25, -0.2) is 0 Å². The van der Waals surface area contributed by atoms with E-state index in [1.54, 1.807) is 0 Å². The molecule has 0 aliphatic heterocycles. The first-order valence-corrected chi connectivity index (χ1v) is 11.2. The number of rotatable bonds is 12. The summed E-state index contributed by atoms with van der Waals surface area (Å²) in [7, 11) is 0. The average Bonchev–Trinajstić information content (AvgIpc) is 2.80. The highest BCUT2D eigenvalue weighted by molar-refractivity contribution is 6.69. The number of aryl methyl sites for hydroxylation is 2. The molecule has 3 aromatic carbocycles. The number of carbonyl (C=O) groups is 2. The van der Waals surface area contributed by atoms with Gasteiger partial charge in [-0.1, -0.05) is 60.7 Å². The second kappa shape index (κ2) is 12.3. The van der Waals surface area contributed by atoms with Crippen LogP contribution >= 0.6 is 23.2 Å². The van der Waals surface area contributed by atoms with E-state index in [4.69, 9.17) is 32.7 Å². The molecule has 0 aliphatic rings. The lowest BCUT2D eigenvalue weighted by Gasteiger charge is -2.15. The van der Waals surface area contributed by atoms with Crippen molar-refractivity contribution in [3.63, 3.8) is 0 Å². The maximum atomic E-state index is 12.0. The van der Waals surface area contributed by atoms with E-state index in [2.05, 4.69) is 0 Å². The summed E-state index contributed by atoms with van der Waals surface area (Å²) in [4.78, 5) is 24.0. The maximum absolute atomic E-state index is 12.0. The van der Waals surface area contributed by atoms with Crippen molar-refractivity contribution >= 4 is 33.7 Å². The maximum Gasteiger partial charge on any atom is 0.256 e. The molecule has 0 saturated carbocycles. The van der Waals surface area contributed by atoms with Crippen molar-refractivity contribution in [3.05, 3.63) is 95.1 Å². The molecule has 4 nitrogen and oxygen atoms in total. The lowest BCUT2D eigenvalue weighted by atomic mass is 10.1. The molecule has 0 unspecified atom stereocenters. The Morgan fingerprint density at radius 2 is 1.00 bits per heavy atom. The van der Waals surface area contributed by atoms with E-state index in [1.807, 2.05) is 60.7 Å². The quantitative estimate of drug-likeness (QED) is 0.225. The molecular formula is C26H24Cl2O4. The molecule has 0 N–H and O–H groups in total. The summed E-state index contributed by atoms with van der Waals surface area (Å²) in [6, 6.07) is 22.9. The average molecular weight is 471 g/mol. The molecule has 6 heteroatoms. The minimum Gasteiger partial charge on any atom is -0.493 e. The summed E-state index contributed by atoms with van der Waals surface area (Å²) < 4.78 is 11.6. The largest absolute Gasteiger partial charge is 0.493 e. The lowest BCUT2D eigenvalue weighted by molar-refractivity contribution is 0.106. The Labute approximate surface area is 198 Å². The topological polar surface area (TPSA) is 52.6 Å². The summed E-state index contributed by atoms with van der Waals surface area (Å²) in [6.07, 6.45) is 3.13. The van der Waals surface area contributed by atoms with Gasteiger partial charge in [-0.2, -0.15) is 0 Å². The van der Waals surface area contributed by atoms with E-state index in [0.717, 1.165) is 25.7 Å². The van der Waals surface area contributed by atoms with Gasteiger partial charge in [0.05, 0.1) is 24.3 Å². The summed E-state index contributed by atoms with van der Waals surface area (Å²) in [5, 5.41) is -1.38. The molecule has 0 aromatic heterocycles. The van der Waals surface area contributed by atoms with Crippen LogP contribution in [0, 0.1) is 0 Å². The van der Waals surface area contributed by atoms with E-state index in [9.17, 15) is 9.59 Å². The third-order valence-electron chi connectivity index (χ3n) is 4.93. The summed E-state index contributed by atoms with van der Waals surface area (Å²) in [5.41, 5.74) is 2.68. The van der Waals surface area contributed by atoms with Crippen molar-refractivity contribution in [2.75, 3.05) is 13.2 Å². The standard InChI is InChI=1S/C26H24Cl2O4/c27-25(29)21-18-24(32-16-8-14-20-11-5-2-6-12-20)22(26(28)30)17-23(21)31-15-7-13-19-9-3-1-4-10-19/h1-6,9-12,17-18H,7-8,13-16H2. The molecule has 0 fully saturated rings. The van der Waals surface area contributed by atoms with Gasteiger partial charge in [-0.05, 0) is 72.1 Å². The van der Waals surface area contributed by atoms with Crippen LogP contribution in [0.2, 0.25) is 0 Å². The Morgan fingerprint density at radius 1 is 0.625 bits per heavy atom. The molecule has 32 heavy (non-hydrogen) atoms. The molecule has 0 aliphatic carbocycles. The van der Waals surface area contributed by atoms with Gasteiger partial charge in [0.15, 0.2) is 0 Å². The second-order valence-electron chi connectivity index (χ2n) is 7.27. The molecule has 0 amide bonds. The Bertz CT molecular complexity index is 951. The third kappa shape index (κ3) is 7.11. The number of ether oxygens (including phenoxy) is 2. The zero-order valence-corrected chi connectivity index (χ0v) is 19.1. The van der Waals surface area contributed by atoms with Gasteiger partial charge in [0.2, 0.25) is 0 Å². The summed E-state index contributed by atoms with van der Waals surface area (Å²) in [5.74, 6) is 0.442. The Balaban J connectivity index is 1.64. The fourth-order valence-electron chi connectivity index (χ4n) is 3.31. The second-order valence-corrected chi connectivity index (χ2v) is 7.95. The molecule has 166 valence electrons. The monoisotopic (exact) mass is 470 g/mol. The van der Waals surface area contributed by atoms with Gasteiger partial charge in [0, 0.05) is 0 Å². The summed E-state index contributed by atoms with van der Waals surface area (Å²) >= 11 is 11.5. The normalized spacial score (nSPS) is 10.6. The van der Waals surface area contributed by atoms with Crippen LogP contribution in [0.15, 0.2) is 72.8 Å². The van der Waals surface area contributed by atoms with Crippen LogP contribution < -0.4 is 9.47 Å². The molecule has 0 bridgehead atoms. The molecule has 0 saturated heterocycles. The predicted molar refractivity (Wildman–Crippen MR) is 127 cm³/mol. The van der Waals surface area contributed by atoms with Crippen LogP contribution in [-0.4, -0.2) is 23.7 Å². The highest BCUT2D eigenvalue weighted by atomic mass is 35.5. The van der Waals surface area contributed by atoms with Crippen LogP contribution in [0.3, 0.4) is 0 Å². The van der Waals surface area contributed by atoms with Gasteiger partial charge in [-0.15, -0.1) is 0 Å². The van der Waals surface area contributed by atoms with Crippen LogP contribution in [0.1, 0.15) is 44.7 Å². The smallest absolute Gasteiger partial charge is 0.256 e. The first kappa shape index (κ1) is 23.8. The Hall–Kier alpha value is -2.82. The van der Waals surface area contributed by atoms with Crippen molar-refractivity contribution in [1.29, 1.82) is 0 Å². The number of hydrogen-bond donors (Lipinski definition) is 0. The van der Waals surface area contributed by atoms with Crippen molar-refractivity contribution in [3.8, 4) is 11.5 Å². The first-order chi connectivity index (χ1) is 15.5. The van der Waals surface area contributed by atoms with Crippen molar-refractivity contribution in [2.45, 2.75) is 25.7 Å². The molecule has 3 aromatic rings. The van der Waals surface area contributed by atoms with Crippen LogP contribution in [0.5, 0.6) is 11.5 Å². The van der Waals surface area contributed by atoms with Gasteiger partial charge >= 0.3 is 0 Å². The van der Waals surface area contributed by atoms with Crippen LogP contribution in [0.25, 0.3) is 0 Å². The van der Waals surface area contributed by atoms with E-state index in [-0.39, 0.29) is 22.6 Å². The van der Waals surface area contributed by atoms with E-state index in [0.29, 0.717) is 13.2 Å². The molecular weight excluding hydrogens is 447 g/mol. The van der Waals surface area contributed by atoms with E-state index in [1.165, 1.54) is 23.3 Å². The predicted octanol–water partition coefficient (Wildman–Crippen LogP) is 6.47. The minimum atomic E-state index is -0.689. The lowest BCUT2D eigenvalue weighted by Crippen LogP contribution is -2.08. The molecule has 0 spiro atoms. The van der Waals surface area contributed by atoms with E-state index >= 15 is 0 Å². The summed E-state index contributed by atoms with van der Waals surface area (Å²) in [6.45, 7) is 0.721. The minimum absolute atomic E-state index is 0.145. The van der Waals surface area contributed by atoms with Crippen LogP contribution in [-0.2, 0) is 12.8 Å². The number of carbonyl (C=O) groups excluding carboxylic acids is 2. The fourth-order valence-corrected chi connectivity index (χ4v) is 3.61.